The van der Waals surface area contributed by atoms with E-state index in [-0.39, 0.29) is 0 Å². The number of benzene rings is 1. The van der Waals surface area contributed by atoms with E-state index in [1.807, 2.05) is 0 Å². The predicted molar refractivity (Wildman–Crippen MR) is 79.6 cm³/mol. The number of hydrogen-bond acceptors (Lipinski definition) is 3. The average molecular weight is 262 g/mol. The Hall–Kier alpha value is -1.06. The molecule has 0 saturated carbocycles. The molecular formula is C16H26N2O. The van der Waals surface area contributed by atoms with Crippen molar-refractivity contribution < 1.29 is 4.74 Å². The Morgan fingerprint density at radius 2 is 1.84 bits per heavy atom. The van der Waals surface area contributed by atoms with Crippen molar-refractivity contribution in [2.75, 3.05) is 34.3 Å². The summed E-state index contributed by atoms with van der Waals surface area (Å²) >= 11 is 0. The van der Waals surface area contributed by atoms with Crippen molar-refractivity contribution in [1.29, 1.82) is 0 Å². The molecule has 1 aromatic rings. The fraction of sp³-hybridized carbons (Fsp3) is 0.625. The van der Waals surface area contributed by atoms with Crippen LogP contribution in [0.3, 0.4) is 0 Å². The molecule has 1 fully saturated rings. The lowest BCUT2D eigenvalue weighted by molar-refractivity contribution is 0.223. The van der Waals surface area contributed by atoms with Gasteiger partial charge in [-0.2, -0.15) is 0 Å². The van der Waals surface area contributed by atoms with Gasteiger partial charge in [0, 0.05) is 6.04 Å². The van der Waals surface area contributed by atoms with Crippen molar-refractivity contribution in [2.45, 2.75) is 25.3 Å². The van der Waals surface area contributed by atoms with Crippen LogP contribution in [-0.2, 0) is 0 Å². The highest BCUT2D eigenvalue weighted by Crippen LogP contribution is 2.30. The van der Waals surface area contributed by atoms with E-state index in [0.29, 0.717) is 6.04 Å². The molecule has 3 nitrogen and oxygen atoms in total. The fourth-order valence-electron chi connectivity index (χ4n) is 2.90. The highest BCUT2D eigenvalue weighted by molar-refractivity contribution is 5.29. The zero-order valence-electron chi connectivity index (χ0n) is 12.4. The molecule has 0 amide bonds. The van der Waals surface area contributed by atoms with Crippen LogP contribution in [0.2, 0.25) is 0 Å². The second-order valence-corrected chi connectivity index (χ2v) is 5.68. The Labute approximate surface area is 116 Å². The zero-order chi connectivity index (χ0) is 13.7. The number of methoxy groups -OCH3 is 1. The Balaban J connectivity index is 2.05. The predicted octanol–water partition coefficient (Wildman–Crippen LogP) is 2.69. The van der Waals surface area contributed by atoms with Crippen molar-refractivity contribution in [3.8, 4) is 5.75 Å². The van der Waals surface area contributed by atoms with E-state index in [1.54, 1.807) is 7.11 Å². The molecular weight excluding hydrogens is 236 g/mol. The van der Waals surface area contributed by atoms with Crippen molar-refractivity contribution >= 4 is 0 Å². The molecule has 1 aliphatic heterocycles. The first-order valence-electron chi connectivity index (χ1n) is 7.22. The van der Waals surface area contributed by atoms with Gasteiger partial charge in [-0.05, 0) is 70.1 Å². The van der Waals surface area contributed by atoms with Crippen molar-refractivity contribution in [1.82, 2.24) is 10.2 Å². The summed E-state index contributed by atoms with van der Waals surface area (Å²) in [6.45, 7) is 2.35. The van der Waals surface area contributed by atoms with Crippen LogP contribution in [0.1, 0.15) is 30.9 Å². The highest BCUT2D eigenvalue weighted by Gasteiger charge is 2.21. The molecule has 0 spiro atoms. The van der Waals surface area contributed by atoms with Gasteiger partial charge in [0.25, 0.3) is 0 Å². The second kappa shape index (κ2) is 6.92. The smallest absolute Gasteiger partial charge is 0.118 e. The van der Waals surface area contributed by atoms with Crippen LogP contribution in [0.4, 0.5) is 0 Å². The lowest BCUT2D eigenvalue weighted by Gasteiger charge is -2.31. The van der Waals surface area contributed by atoms with Gasteiger partial charge in [-0.3, -0.25) is 0 Å². The number of rotatable bonds is 5. The van der Waals surface area contributed by atoms with E-state index in [2.05, 4.69) is 48.6 Å². The summed E-state index contributed by atoms with van der Waals surface area (Å²) in [4.78, 5) is 2.34. The minimum Gasteiger partial charge on any atom is -0.497 e. The molecule has 1 atom stereocenters. The van der Waals surface area contributed by atoms with Crippen molar-refractivity contribution in [3.05, 3.63) is 29.8 Å². The van der Waals surface area contributed by atoms with Crippen LogP contribution in [0.15, 0.2) is 24.3 Å². The summed E-state index contributed by atoms with van der Waals surface area (Å²) in [7, 11) is 6.07. The standard InChI is InChI=1S/C16H26N2O/c1-18(2)16(12-13-8-10-17-11-9-13)14-4-6-15(19-3)7-5-14/h4-7,13,16-17H,8-12H2,1-3H3. The number of ether oxygens (including phenoxy) is 1. The summed E-state index contributed by atoms with van der Waals surface area (Å²) in [5.74, 6) is 1.78. The molecule has 0 aromatic heterocycles. The molecule has 1 saturated heterocycles. The molecule has 0 bridgehead atoms. The second-order valence-electron chi connectivity index (χ2n) is 5.68. The van der Waals surface area contributed by atoms with Gasteiger partial charge in [0.1, 0.15) is 5.75 Å². The SMILES string of the molecule is COc1ccc(C(CC2CCNCC2)N(C)C)cc1. The van der Waals surface area contributed by atoms with Crippen LogP contribution < -0.4 is 10.1 Å². The number of nitrogens with zero attached hydrogens (tertiary/aromatic N) is 1. The largest absolute Gasteiger partial charge is 0.497 e. The molecule has 106 valence electrons. The molecule has 1 unspecified atom stereocenters. The third kappa shape index (κ3) is 3.95. The molecule has 1 heterocycles. The number of hydrogen-bond donors (Lipinski definition) is 1. The van der Waals surface area contributed by atoms with E-state index >= 15 is 0 Å². The first kappa shape index (κ1) is 14.4. The van der Waals surface area contributed by atoms with Crippen LogP contribution in [0.25, 0.3) is 0 Å². The summed E-state index contributed by atoms with van der Waals surface area (Å²) in [6.07, 6.45) is 3.86. The van der Waals surface area contributed by atoms with Crippen molar-refractivity contribution in [2.24, 2.45) is 5.92 Å². The summed E-state index contributed by atoms with van der Waals surface area (Å²) in [6, 6.07) is 9.03. The fourth-order valence-corrected chi connectivity index (χ4v) is 2.90. The van der Waals surface area contributed by atoms with E-state index in [1.165, 1.54) is 37.9 Å². The quantitative estimate of drug-likeness (QED) is 0.883. The van der Waals surface area contributed by atoms with Gasteiger partial charge in [-0.15, -0.1) is 0 Å². The van der Waals surface area contributed by atoms with Crippen LogP contribution >= 0.6 is 0 Å². The summed E-state index contributed by atoms with van der Waals surface area (Å²) < 4.78 is 5.24. The zero-order valence-corrected chi connectivity index (χ0v) is 12.4. The molecule has 1 N–H and O–H groups in total. The lowest BCUT2D eigenvalue weighted by Crippen LogP contribution is -2.31. The minimum atomic E-state index is 0.508. The van der Waals surface area contributed by atoms with Gasteiger partial charge in [0.2, 0.25) is 0 Å². The van der Waals surface area contributed by atoms with Gasteiger partial charge in [0.15, 0.2) is 0 Å². The Bertz CT molecular complexity index is 369. The van der Waals surface area contributed by atoms with Gasteiger partial charge < -0.3 is 15.0 Å². The molecule has 0 radical (unpaired) electrons. The maximum atomic E-state index is 5.24. The third-order valence-corrected chi connectivity index (χ3v) is 4.14. The molecule has 2 rings (SSSR count). The van der Waals surface area contributed by atoms with E-state index in [4.69, 9.17) is 4.74 Å². The van der Waals surface area contributed by atoms with Crippen LogP contribution in [-0.4, -0.2) is 39.2 Å². The Morgan fingerprint density at radius 1 is 1.21 bits per heavy atom. The van der Waals surface area contributed by atoms with Crippen molar-refractivity contribution in [3.63, 3.8) is 0 Å². The molecule has 1 aromatic carbocycles. The van der Waals surface area contributed by atoms with Gasteiger partial charge in [-0.1, -0.05) is 12.1 Å². The average Bonchev–Trinajstić information content (AvgIpc) is 2.46. The highest BCUT2D eigenvalue weighted by atomic mass is 16.5. The third-order valence-electron chi connectivity index (χ3n) is 4.14. The van der Waals surface area contributed by atoms with Gasteiger partial charge >= 0.3 is 0 Å². The normalized spacial score (nSPS) is 18.5. The molecule has 3 heteroatoms. The maximum absolute atomic E-state index is 5.24. The maximum Gasteiger partial charge on any atom is 0.118 e. The van der Waals surface area contributed by atoms with Gasteiger partial charge in [0.05, 0.1) is 7.11 Å². The van der Waals surface area contributed by atoms with E-state index in [9.17, 15) is 0 Å². The lowest BCUT2D eigenvalue weighted by atomic mass is 9.88. The van der Waals surface area contributed by atoms with Gasteiger partial charge in [-0.25, -0.2) is 0 Å². The van der Waals surface area contributed by atoms with Crippen LogP contribution in [0, 0.1) is 5.92 Å². The first-order valence-corrected chi connectivity index (χ1v) is 7.22. The molecule has 0 aliphatic carbocycles. The minimum absolute atomic E-state index is 0.508. The van der Waals surface area contributed by atoms with Crippen LogP contribution in [0.5, 0.6) is 5.75 Å². The van der Waals surface area contributed by atoms with E-state index < -0.39 is 0 Å². The first-order chi connectivity index (χ1) is 9.20. The Kier molecular flexibility index (Phi) is 5.23. The Morgan fingerprint density at radius 3 is 2.37 bits per heavy atom. The molecule has 1 aliphatic rings. The summed E-state index contributed by atoms with van der Waals surface area (Å²) in [5.41, 5.74) is 1.39. The summed E-state index contributed by atoms with van der Waals surface area (Å²) in [5, 5.41) is 3.44. The molecule has 19 heavy (non-hydrogen) atoms. The monoisotopic (exact) mass is 262 g/mol. The number of nitrogens with one attached hydrogen (secondary N) is 1. The van der Waals surface area contributed by atoms with E-state index in [0.717, 1.165) is 11.7 Å². The number of piperidine rings is 1. The topological polar surface area (TPSA) is 24.5 Å².